The molecule has 0 amide bonds. The predicted molar refractivity (Wildman–Crippen MR) is 38.5 cm³/mol. The first kappa shape index (κ1) is 56.2. The SMILES string of the molecule is OB(O)O.OB(O)O.[Na+].[Na+].[Na+].[Na+].[Na+].[O-]B([O-])O.[O-]B([O-])[O-]. The van der Waals surface area contributed by atoms with Gasteiger partial charge < -0.3 is 60.3 Å². The molecule has 0 fully saturated rings. The Labute approximate surface area is 233 Å². The molecule has 0 spiro atoms. The molecule has 0 aliphatic carbocycles. The van der Waals surface area contributed by atoms with Crippen LogP contribution in [-0.4, -0.2) is 64.5 Å². The van der Waals surface area contributed by atoms with Gasteiger partial charge in [0.25, 0.3) is 0 Å². The van der Waals surface area contributed by atoms with E-state index in [-0.39, 0.29) is 148 Å². The standard InChI is InChI=1S/2BH3O3.BHO3.BO3.5Na/c4*2-1(3)4;;;;;/h2*2-4H;2H;;;;;;/q;;-2;-3;5*+1. The topological polar surface area (TPSA) is 257 Å². The second-order valence-electron chi connectivity index (χ2n) is 1.29. The summed E-state index contributed by atoms with van der Waals surface area (Å²) in [5.41, 5.74) is 0. The molecule has 0 aliphatic rings. The van der Waals surface area contributed by atoms with Crippen LogP contribution in [0.5, 0.6) is 0 Å². The van der Waals surface area contributed by atoms with Gasteiger partial charge in [-0.05, 0) is 0 Å². The molecule has 0 heterocycles. The van der Waals surface area contributed by atoms with E-state index in [1.54, 1.807) is 0 Å². The molecule has 0 saturated heterocycles. The summed E-state index contributed by atoms with van der Waals surface area (Å²) in [7, 11) is -9.92. The molecule has 0 rings (SSSR count). The third-order valence-corrected chi connectivity index (χ3v) is 0. The Morgan fingerprint density at radius 1 is 0.429 bits per heavy atom. The monoisotopic (exact) mass is 358 g/mol. The van der Waals surface area contributed by atoms with E-state index in [0.717, 1.165) is 0 Å². The van der Waals surface area contributed by atoms with Crippen molar-refractivity contribution in [3.05, 3.63) is 0 Å². The summed E-state index contributed by atoms with van der Waals surface area (Å²) in [5, 5.41) is 92.3. The van der Waals surface area contributed by atoms with Gasteiger partial charge in [-0.3, -0.25) is 7.32 Å². The van der Waals surface area contributed by atoms with Crippen LogP contribution >= 0.6 is 0 Å². The Morgan fingerprint density at radius 2 is 0.429 bits per heavy atom. The molecule has 0 bridgehead atoms. The van der Waals surface area contributed by atoms with Gasteiger partial charge in [0.1, 0.15) is 0 Å². The van der Waals surface area contributed by atoms with Crippen LogP contribution in [0, 0.1) is 0 Å². The molecule has 12 nitrogen and oxygen atoms in total. The van der Waals surface area contributed by atoms with Crippen molar-refractivity contribution in [2.45, 2.75) is 0 Å². The average molecular weight is 357 g/mol. The molecule has 0 radical (unpaired) electrons. The molecule has 21 heavy (non-hydrogen) atoms. The first-order chi connectivity index (χ1) is 6.93. The Bertz CT molecular complexity index is 72.6. The van der Waals surface area contributed by atoms with Gasteiger partial charge in [0.15, 0.2) is 0 Å². The minimum absolute atomic E-state index is 0. The Balaban J connectivity index is -0.0000000121. The van der Waals surface area contributed by atoms with Crippen molar-refractivity contribution >= 4 is 29.3 Å². The normalized spacial score (nSPS) is 5.14. The van der Waals surface area contributed by atoms with Crippen molar-refractivity contribution in [3.8, 4) is 0 Å². The summed E-state index contributed by atoms with van der Waals surface area (Å²) in [5.74, 6) is 0. The van der Waals surface area contributed by atoms with E-state index >= 15 is 0 Å². The molecule has 0 aromatic carbocycles. The van der Waals surface area contributed by atoms with Crippen LogP contribution in [-0.2, 0) is 0 Å². The van der Waals surface area contributed by atoms with Gasteiger partial charge in [-0.25, -0.2) is 0 Å². The van der Waals surface area contributed by atoms with Crippen LogP contribution in [0.25, 0.3) is 0 Å². The first-order valence-electron chi connectivity index (χ1n) is 2.99. The summed E-state index contributed by atoms with van der Waals surface area (Å²) in [4.78, 5) is 0. The van der Waals surface area contributed by atoms with E-state index in [1.165, 1.54) is 0 Å². The van der Waals surface area contributed by atoms with Crippen LogP contribution in [0.1, 0.15) is 0 Å². The fraction of sp³-hybridized carbons (Fsp3) is 0. The molecule has 0 unspecified atom stereocenters. The molecule has 7 N–H and O–H groups in total. The predicted octanol–water partition coefficient (Wildman–Crippen LogP) is -26.3. The Hall–Kier alpha value is 4.78. The number of hydrogen-bond donors (Lipinski definition) is 7. The van der Waals surface area contributed by atoms with E-state index in [9.17, 15) is 0 Å². The summed E-state index contributed by atoms with van der Waals surface area (Å²) in [6.07, 6.45) is 0. The fourth-order valence-corrected chi connectivity index (χ4v) is 0. The molecular formula is H7B4Na5O12. The van der Waals surface area contributed by atoms with Crippen molar-refractivity contribution in [1.29, 1.82) is 0 Å². The van der Waals surface area contributed by atoms with Crippen molar-refractivity contribution in [2.24, 2.45) is 0 Å². The van der Waals surface area contributed by atoms with Crippen LogP contribution in [0.3, 0.4) is 0 Å². The largest absolute Gasteiger partial charge is 1.00 e. The van der Waals surface area contributed by atoms with E-state index in [4.69, 9.17) is 60.3 Å². The quantitative estimate of drug-likeness (QED) is 0.199. The number of hydrogen-bond acceptors (Lipinski definition) is 12. The van der Waals surface area contributed by atoms with Crippen molar-refractivity contribution < 1.29 is 208 Å². The molecular weight excluding hydrogens is 350 g/mol. The van der Waals surface area contributed by atoms with Crippen LogP contribution < -0.4 is 173 Å². The second-order valence-corrected chi connectivity index (χ2v) is 1.29. The fourth-order valence-electron chi connectivity index (χ4n) is 0. The molecule has 0 atom stereocenters. The van der Waals surface area contributed by atoms with Crippen molar-refractivity contribution in [1.82, 2.24) is 0 Å². The van der Waals surface area contributed by atoms with Gasteiger partial charge >= 0.3 is 162 Å². The van der Waals surface area contributed by atoms with Crippen molar-refractivity contribution in [2.75, 3.05) is 0 Å². The Kier molecular flexibility index (Phi) is 133. The zero-order chi connectivity index (χ0) is 14.3. The maximum atomic E-state index is 8.53. The smallest absolute Gasteiger partial charge is 0.907 e. The minimum Gasteiger partial charge on any atom is -0.907 e. The zero-order valence-electron chi connectivity index (χ0n) is 12.5. The van der Waals surface area contributed by atoms with E-state index in [2.05, 4.69) is 0 Å². The van der Waals surface area contributed by atoms with E-state index in [0.29, 0.717) is 0 Å². The maximum Gasteiger partial charge on any atom is 1.00 e. The van der Waals surface area contributed by atoms with E-state index < -0.39 is 29.3 Å². The summed E-state index contributed by atoms with van der Waals surface area (Å²) < 4.78 is 0. The molecule has 21 heteroatoms. The molecule has 96 valence electrons. The van der Waals surface area contributed by atoms with Gasteiger partial charge in [0, 0.05) is 0 Å². The van der Waals surface area contributed by atoms with Crippen molar-refractivity contribution in [3.63, 3.8) is 0 Å². The third-order valence-electron chi connectivity index (χ3n) is 0. The molecule has 0 aliphatic heterocycles. The number of rotatable bonds is 0. The van der Waals surface area contributed by atoms with E-state index in [1.807, 2.05) is 0 Å². The van der Waals surface area contributed by atoms with Gasteiger partial charge in [-0.15, -0.1) is 0 Å². The van der Waals surface area contributed by atoms with Crippen LogP contribution in [0.15, 0.2) is 0 Å². The third kappa shape index (κ3) is 563. The second kappa shape index (κ2) is 49.8. The zero-order valence-corrected chi connectivity index (χ0v) is 22.5. The van der Waals surface area contributed by atoms with Crippen LogP contribution in [0.2, 0.25) is 0 Å². The summed E-state index contributed by atoms with van der Waals surface area (Å²) in [6.45, 7) is 0. The molecule has 0 aromatic heterocycles. The van der Waals surface area contributed by atoms with Gasteiger partial charge in [-0.1, -0.05) is 0 Å². The summed E-state index contributed by atoms with van der Waals surface area (Å²) in [6, 6.07) is 0. The van der Waals surface area contributed by atoms with Gasteiger partial charge in [0.05, 0.1) is 7.32 Å². The van der Waals surface area contributed by atoms with Crippen LogP contribution in [0.4, 0.5) is 0 Å². The summed E-state index contributed by atoms with van der Waals surface area (Å²) >= 11 is 0. The first-order valence-corrected chi connectivity index (χ1v) is 2.99. The average Bonchev–Trinajstić information content (AvgIpc) is 1.76. The van der Waals surface area contributed by atoms with Gasteiger partial charge in [0.2, 0.25) is 0 Å². The molecule has 0 saturated carbocycles. The van der Waals surface area contributed by atoms with Gasteiger partial charge in [-0.2, -0.15) is 0 Å². The molecule has 0 aromatic rings. The maximum absolute atomic E-state index is 8.53. The Morgan fingerprint density at radius 3 is 0.429 bits per heavy atom. The minimum atomic E-state index is -2.92.